The van der Waals surface area contributed by atoms with E-state index in [1.54, 1.807) is 0 Å². The molecular formula is C27H36N8O. The highest BCUT2D eigenvalue weighted by atomic mass is 16.2. The van der Waals surface area contributed by atoms with Crippen molar-refractivity contribution in [2.45, 2.75) is 57.4 Å². The highest BCUT2D eigenvalue weighted by molar-refractivity contribution is 5.99. The molecule has 190 valence electrons. The smallest absolute Gasteiger partial charge is 0.268 e. The fourth-order valence-corrected chi connectivity index (χ4v) is 6.09. The van der Waals surface area contributed by atoms with Gasteiger partial charge in [-0.3, -0.25) is 9.69 Å². The zero-order valence-electron chi connectivity index (χ0n) is 21.2. The van der Waals surface area contributed by atoms with Crippen LogP contribution in [0.4, 0.5) is 17.5 Å². The Labute approximate surface area is 212 Å². The fraction of sp³-hybridized carbons (Fsp3) is 0.556. The molecule has 1 aliphatic carbocycles. The number of carbonyl (C=O) groups is 1. The number of nitrogens with one attached hydrogen (secondary N) is 2. The van der Waals surface area contributed by atoms with Gasteiger partial charge in [0.2, 0.25) is 5.95 Å². The average Bonchev–Trinajstić information content (AvgIpc) is 3.32. The molecule has 5 heterocycles. The van der Waals surface area contributed by atoms with E-state index in [-0.39, 0.29) is 11.4 Å². The number of amides is 1. The molecule has 9 heteroatoms. The standard InChI is InChI=1S/C27H36N8O/c1-2-3-11-33-12-14-34(15-13-33)21-7-8-23(28-18-21)31-26-29-17-20-16-22-25(36)30-19-27(9-5-4-6-10-27)35(22)24(20)32-26/h7-8,16-18H,2-6,9-15,19H2,1H3,(H,30,36)(H,28,29,31,32). The number of nitrogens with zero attached hydrogens (tertiary/aromatic N) is 6. The number of aromatic nitrogens is 4. The van der Waals surface area contributed by atoms with Crippen molar-refractivity contribution in [2.24, 2.45) is 0 Å². The molecule has 3 aliphatic rings. The summed E-state index contributed by atoms with van der Waals surface area (Å²) in [5.41, 5.74) is 2.59. The minimum atomic E-state index is -0.0880. The summed E-state index contributed by atoms with van der Waals surface area (Å²) in [6.07, 6.45) is 12.0. The lowest BCUT2D eigenvalue weighted by Crippen LogP contribution is -2.52. The van der Waals surface area contributed by atoms with Gasteiger partial charge in [-0.1, -0.05) is 32.6 Å². The summed E-state index contributed by atoms with van der Waals surface area (Å²) in [5, 5.41) is 7.30. The molecule has 3 aromatic rings. The molecule has 0 radical (unpaired) electrons. The first-order valence-electron chi connectivity index (χ1n) is 13.5. The number of pyridine rings is 1. The Kier molecular flexibility index (Phi) is 6.25. The summed E-state index contributed by atoms with van der Waals surface area (Å²) < 4.78 is 2.20. The molecule has 2 N–H and O–H groups in total. The molecule has 1 amide bonds. The number of hydrogen-bond donors (Lipinski definition) is 2. The lowest BCUT2D eigenvalue weighted by Gasteiger charge is -2.42. The number of piperazine rings is 1. The van der Waals surface area contributed by atoms with E-state index in [2.05, 4.69) is 48.0 Å². The van der Waals surface area contributed by atoms with Gasteiger partial charge in [0.1, 0.15) is 17.2 Å². The van der Waals surface area contributed by atoms with Crippen LogP contribution in [0.25, 0.3) is 11.0 Å². The molecule has 36 heavy (non-hydrogen) atoms. The summed E-state index contributed by atoms with van der Waals surface area (Å²) in [6, 6.07) is 6.05. The first kappa shape index (κ1) is 23.2. The average molecular weight is 489 g/mol. The first-order chi connectivity index (χ1) is 17.6. The van der Waals surface area contributed by atoms with Crippen molar-refractivity contribution in [1.82, 2.24) is 29.7 Å². The third-order valence-electron chi connectivity index (χ3n) is 8.16. The van der Waals surface area contributed by atoms with Crippen LogP contribution in [0.15, 0.2) is 30.6 Å². The second-order valence-corrected chi connectivity index (χ2v) is 10.5. The Morgan fingerprint density at radius 2 is 1.89 bits per heavy atom. The third-order valence-corrected chi connectivity index (χ3v) is 8.16. The zero-order valence-corrected chi connectivity index (χ0v) is 21.2. The summed E-state index contributed by atoms with van der Waals surface area (Å²) in [7, 11) is 0. The van der Waals surface area contributed by atoms with Gasteiger partial charge in [0.05, 0.1) is 17.4 Å². The SMILES string of the molecule is CCCCN1CCN(c2ccc(Nc3ncc4cc5n(c4n3)C3(CCCCC3)CNC5=O)nc2)CC1. The molecule has 9 nitrogen and oxygen atoms in total. The van der Waals surface area contributed by atoms with Crippen LogP contribution in [0.2, 0.25) is 0 Å². The minimum absolute atomic E-state index is 0.0258. The van der Waals surface area contributed by atoms with Gasteiger partial charge in [0.25, 0.3) is 5.91 Å². The molecule has 0 aromatic carbocycles. The lowest BCUT2D eigenvalue weighted by molar-refractivity contribution is 0.0833. The summed E-state index contributed by atoms with van der Waals surface area (Å²) >= 11 is 0. The zero-order chi connectivity index (χ0) is 24.5. The van der Waals surface area contributed by atoms with Crippen molar-refractivity contribution in [3.8, 4) is 0 Å². The largest absolute Gasteiger partial charge is 0.368 e. The Bertz CT molecular complexity index is 1220. The summed E-state index contributed by atoms with van der Waals surface area (Å²) in [6.45, 7) is 8.40. The Morgan fingerprint density at radius 1 is 1.06 bits per heavy atom. The quantitative estimate of drug-likeness (QED) is 0.544. The summed E-state index contributed by atoms with van der Waals surface area (Å²) in [5.74, 6) is 1.20. The predicted octanol–water partition coefficient (Wildman–Crippen LogP) is 3.89. The maximum atomic E-state index is 12.7. The van der Waals surface area contributed by atoms with Crippen LogP contribution in [-0.2, 0) is 5.54 Å². The summed E-state index contributed by atoms with van der Waals surface area (Å²) in [4.78, 5) is 31.7. The molecule has 3 aromatic heterocycles. The molecule has 1 saturated heterocycles. The number of rotatable bonds is 6. The lowest BCUT2D eigenvalue weighted by atomic mass is 9.80. The van der Waals surface area contributed by atoms with Crippen LogP contribution in [0, 0.1) is 0 Å². The fourth-order valence-electron chi connectivity index (χ4n) is 6.09. The molecule has 2 fully saturated rings. The second kappa shape index (κ2) is 9.69. The van der Waals surface area contributed by atoms with E-state index in [1.165, 1.54) is 38.6 Å². The Balaban J connectivity index is 1.20. The van der Waals surface area contributed by atoms with Crippen molar-refractivity contribution >= 4 is 34.4 Å². The van der Waals surface area contributed by atoms with Crippen LogP contribution in [-0.4, -0.2) is 69.6 Å². The molecule has 2 aliphatic heterocycles. The third kappa shape index (κ3) is 4.30. The normalized spacial score (nSPS) is 19.9. The molecule has 0 bridgehead atoms. The van der Waals surface area contributed by atoms with Crippen molar-refractivity contribution in [1.29, 1.82) is 0 Å². The van der Waals surface area contributed by atoms with Gasteiger partial charge < -0.3 is 20.1 Å². The second-order valence-electron chi connectivity index (χ2n) is 10.5. The van der Waals surface area contributed by atoms with Gasteiger partial charge in [0.15, 0.2) is 0 Å². The van der Waals surface area contributed by atoms with Gasteiger partial charge >= 0.3 is 0 Å². The molecule has 6 rings (SSSR count). The highest BCUT2D eigenvalue weighted by Crippen LogP contribution is 2.40. The maximum Gasteiger partial charge on any atom is 0.268 e. The van der Waals surface area contributed by atoms with Crippen molar-refractivity contribution in [2.75, 3.05) is 49.5 Å². The maximum absolute atomic E-state index is 12.7. The van der Waals surface area contributed by atoms with Crippen LogP contribution in [0.5, 0.6) is 0 Å². The van der Waals surface area contributed by atoms with Gasteiger partial charge in [-0.15, -0.1) is 0 Å². The molecule has 1 saturated carbocycles. The van der Waals surface area contributed by atoms with Crippen molar-refractivity contribution in [3.63, 3.8) is 0 Å². The van der Waals surface area contributed by atoms with E-state index < -0.39 is 0 Å². The highest BCUT2D eigenvalue weighted by Gasteiger charge is 2.41. The number of carbonyl (C=O) groups excluding carboxylic acids is 1. The molecular weight excluding hydrogens is 452 g/mol. The van der Waals surface area contributed by atoms with E-state index >= 15 is 0 Å². The minimum Gasteiger partial charge on any atom is -0.368 e. The van der Waals surface area contributed by atoms with E-state index in [0.717, 1.165) is 61.6 Å². The first-order valence-corrected chi connectivity index (χ1v) is 13.5. The van der Waals surface area contributed by atoms with Crippen molar-refractivity contribution in [3.05, 3.63) is 36.3 Å². The molecule has 1 spiro atoms. The van der Waals surface area contributed by atoms with E-state index in [9.17, 15) is 4.79 Å². The predicted molar refractivity (Wildman–Crippen MR) is 142 cm³/mol. The topological polar surface area (TPSA) is 91.2 Å². The van der Waals surface area contributed by atoms with Crippen molar-refractivity contribution < 1.29 is 4.79 Å². The Morgan fingerprint density at radius 3 is 2.64 bits per heavy atom. The number of fused-ring (bicyclic) bond motifs is 4. The number of hydrogen-bond acceptors (Lipinski definition) is 7. The van der Waals surface area contributed by atoms with Crippen LogP contribution in [0.3, 0.4) is 0 Å². The molecule has 0 atom stereocenters. The van der Waals surface area contributed by atoms with Gasteiger partial charge in [-0.25, -0.2) is 9.97 Å². The Hall–Kier alpha value is -3.20. The van der Waals surface area contributed by atoms with Gasteiger partial charge in [0, 0.05) is 44.3 Å². The molecule has 0 unspecified atom stereocenters. The van der Waals surface area contributed by atoms with Crippen LogP contribution >= 0.6 is 0 Å². The van der Waals surface area contributed by atoms with E-state index in [1.807, 2.05) is 24.5 Å². The number of anilines is 3. The van der Waals surface area contributed by atoms with E-state index in [4.69, 9.17) is 4.98 Å². The monoisotopic (exact) mass is 488 g/mol. The van der Waals surface area contributed by atoms with E-state index in [0.29, 0.717) is 18.2 Å². The van der Waals surface area contributed by atoms with Gasteiger partial charge in [-0.05, 0) is 44.0 Å². The van der Waals surface area contributed by atoms with Crippen LogP contribution in [0.1, 0.15) is 62.4 Å². The number of unbranched alkanes of at least 4 members (excludes halogenated alkanes) is 1. The van der Waals surface area contributed by atoms with Crippen LogP contribution < -0.4 is 15.5 Å². The van der Waals surface area contributed by atoms with Gasteiger partial charge in [-0.2, -0.15) is 4.98 Å².